The van der Waals surface area contributed by atoms with Crippen LogP contribution in [0.15, 0.2) is 200 Å². The Morgan fingerprint density at radius 1 is 0.403 bits per heavy atom. The topological polar surface area (TPSA) is 35.0 Å². The maximum Gasteiger partial charge on any atom is 0.163 e. The molecule has 62 heavy (non-hydrogen) atoms. The second kappa shape index (κ2) is 15.6. The van der Waals surface area contributed by atoms with Gasteiger partial charge in [-0.1, -0.05) is 217 Å². The van der Waals surface area contributed by atoms with Gasteiger partial charge in [0.05, 0.1) is 11.3 Å². The Labute approximate surface area is 365 Å². The van der Waals surface area contributed by atoms with Crippen molar-refractivity contribution in [2.24, 2.45) is 0 Å². The third-order valence-electron chi connectivity index (χ3n) is 12.4. The third kappa shape index (κ3) is 6.71. The van der Waals surface area contributed by atoms with Gasteiger partial charge in [0.25, 0.3) is 0 Å². The zero-order valence-electron chi connectivity index (χ0n) is 35.9. The summed E-state index contributed by atoms with van der Waals surface area (Å²) < 4.78 is 7.00. The van der Waals surface area contributed by atoms with Crippen LogP contribution in [0.3, 0.4) is 0 Å². The Hall–Kier alpha value is -7.36. The first-order valence-electron chi connectivity index (χ1n) is 21.5. The Balaban J connectivity index is 1.39. The van der Waals surface area contributed by atoms with Gasteiger partial charge in [-0.05, 0) is 67.6 Å². The van der Waals surface area contributed by atoms with E-state index in [9.17, 15) is 0 Å². The number of nitrogens with zero attached hydrogens (tertiary/aromatic N) is 2. The Morgan fingerprint density at radius 3 is 1.24 bits per heavy atom. The Kier molecular flexibility index (Phi) is 9.76. The molecule has 2 heterocycles. The van der Waals surface area contributed by atoms with Crippen LogP contribution in [0, 0.1) is 0 Å². The van der Waals surface area contributed by atoms with Gasteiger partial charge in [-0.2, -0.15) is 0 Å². The van der Waals surface area contributed by atoms with Crippen molar-refractivity contribution in [1.29, 1.82) is 0 Å². The fourth-order valence-corrected chi connectivity index (χ4v) is 9.45. The second-order valence-corrected chi connectivity index (χ2v) is 17.7. The molecule has 10 rings (SSSR count). The van der Waals surface area contributed by atoms with Crippen molar-refractivity contribution in [3.8, 4) is 89.8 Å². The molecule has 0 aliphatic carbocycles. The van der Waals surface area contributed by atoms with Gasteiger partial charge in [-0.3, -0.25) is 0 Å². The molecule has 0 atom stereocenters. The molecule has 1 aliphatic heterocycles. The number of hydrogen-bond acceptors (Lipinski definition) is 3. The normalized spacial score (nSPS) is 12.9. The summed E-state index contributed by atoms with van der Waals surface area (Å²) in [7, 11) is 0. The number of ether oxygens (including phenoxy) is 1. The maximum absolute atomic E-state index is 7.00. The average molecular weight is 801 g/mol. The molecular weight excluding hydrogens is 753 g/mol. The predicted octanol–water partition coefficient (Wildman–Crippen LogP) is 15.9. The lowest BCUT2D eigenvalue weighted by Crippen LogP contribution is -2.26. The molecule has 0 unspecified atom stereocenters. The average Bonchev–Trinajstić information content (AvgIpc) is 3.31. The lowest BCUT2D eigenvalue weighted by atomic mass is 9.72. The van der Waals surface area contributed by atoms with E-state index in [2.05, 4.69) is 223 Å². The van der Waals surface area contributed by atoms with Crippen molar-refractivity contribution in [3.63, 3.8) is 0 Å². The molecule has 0 radical (unpaired) electrons. The van der Waals surface area contributed by atoms with E-state index in [0.29, 0.717) is 5.82 Å². The number of benzene rings is 8. The maximum atomic E-state index is 7.00. The summed E-state index contributed by atoms with van der Waals surface area (Å²) in [6.45, 7) is 11.3. The van der Waals surface area contributed by atoms with E-state index in [1.54, 1.807) is 0 Å². The van der Waals surface area contributed by atoms with Crippen LogP contribution >= 0.6 is 0 Å². The van der Waals surface area contributed by atoms with Gasteiger partial charge in [0.1, 0.15) is 11.5 Å². The highest BCUT2D eigenvalue weighted by atomic mass is 16.5. The van der Waals surface area contributed by atoms with Crippen molar-refractivity contribution in [2.45, 2.75) is 45.4 Å². The van der Waals surface area contributed by atoms with E-state index in [4.69, 9.17) is 14.7 Å². The van der Waals surface area contributed by atoms with Gasteiger partial charge in [0, 0.05) is 39.4 Å². The molecule has 9 aromatic rings. The van der Waals surface area contributed by atoms with Crippen LogP contribution in [0.1, 0.15) is 51.3 Å². The summed E-state index contributed by atoms with van der Waals surface area (Å²) in [4.78, 5) is 10.9. The van der Waals surface area contributed by atoms with Crippen molar-refractivity contribution in [2.75, 3.05) is 0 Å². The van der Waals surface area contributed by atoms with E-state index in [1.165, 1.54) is 5.56 Å². The number of aromatic nitrogens is 2. The molecule has 0 amide bonds. The number of rotatable bonds is 7. The van der Waals surface area contributed by atoms with Crippen molar-refractivity contribution < 1.29 is 4.74 Å². The fourth-order valence-electron chi connectivity index (χ4n) is 9.45. The lowest BCUT2D eigenvalue weighted by molar-refractivity contribution is 0.417. The minimum absolute atomic E-state index is 0.239. The van der Waals surface area contributed by atoms with Crippen molar-refractivity contribution >= 4 is 0 Å². The van der Waals surface area contributed by atoms with E-state index in [1.807, 2.05) is 12.3 Å². The van der Waals surface area contributed by atoms with Crippen molar-refractivity contribution in [3.05, 3.63) is 217 Å². The smallest absolute Gasteiger partial charge is 0.163 e. The van der Waals surface area contributed by atoms with Gasteiger partial charge in [-0.25, -0.2) is 9.97 Å². The predicted molar refractivity (Wildman–Crippen MR) is 257 cm³/mol. The quantitative estimate of drug-likeness (QED) is 0.161. The zero-order chi connectivity index (χ0) is 42.4. The van der Waals surface area contributed by atoms with Gasteiger partial charge >= 0.3 is 0 Å². The van der Waals surface area contributed by atoms with E-state index in [-0.39, 0.29) is 10.8 Å². The summed E-state index contributed by atoms with van der Waals surface area (Å²) in [5.41, 5.74) is 16.9. The highest BCUT2D eigenvalue weighted by molar-refractivity contribution is 6.14. The molecule has 0 fully saturated rings. The van der Waals surface area contributed by atoms with E-state index in [0.717, 1.165) is 95.1 Å². The van der Waals surface area contributed by atoms with Crippen LogP contribution in [-0.4, -0.2) is 9.97 Å². The molecule has 3 nitrogen and oxygen atoms in total. The first kappa shape index (κ1) is 38.8. The number of hydrogen-bond donors (Lipinski definition) is 0. The first-order valence-corrected chi connectivity index (χ1v) is 21.5. The molecule has 300 valence electrons. The fraction of sp³-hybridized carbons (Fsp3) is 0.119. The van der Waals surface area contributed by atoms with Gasteiger partial charge in [-0.15, -0.1) is 0 Å². The van der Waals surface area contributed by atoms with Crippen molar-refractivity contribution in [1.82, 2.24) is 9.97 Å². The molecule has 3 heteroatoms. The molecule has 0 saturated carbocycles. The lowest BCUT2D eigenvalue weighted by Gasteiger charge is -2.37. The summed E-state index contributed by atoms with van der Waals surface area (Å²) in [6, 6.07) is 69.2. The number of para-hydroxylation sites is 1. The first-order chi connectivity index (χ1) is 30.2. The highest BCUT2D eigenvalue weighted by Crippen LogP contribution is 2.57. The Bertz CT molecular complexity index is 2960. The summed E-state index contributed by atoms with van der Waals surface area (Å²) in [5.74, 6) is 2.31. The van der Waals surface area contributed by atoms with Crippen LogP contribution < -0.4 is 4.74 Å². The summed E-state index contributed by atoms with van der Waals surface area (Å²) in [6.07, 6.45) is 1.93. The standard InChI is InChI=1S/C59H48N2O/c1-58(2,3)45-35-36-46-56(62-48-34-22-21-33-44(48)59(46,4)5)54(45)57-60-38-37-47(61-57)55-52(42-29-17-9-18-30-42)50(40-25-13-7-14-26-40)49(39-23-11-6-12-24-39)51(41-27-15-8-16-28-41)53(55)43-31-19-10-20-32-43/h6-38H,1-5H3. The van der Waals surface area contributed by atoms with Gasteiger partial charge < -0.3 is 4.74 Å². The highest BCUT2D eigenvalue weighted by Gasteiger charge is 2.38. The van der Waals surface area contributed by atoms with E-state index >= 15 is 0 Å². The number of fused-ring (bicyclic) bond motifs is 2. The molecule has 0 bridgehead atoms. The second-order valence-electron chi connectivity index (χ2n) is 17.7. The van der Waals surface area contributed by atoms with Crippen LogP contribution in [-0.2, 0) is 10.8 Å². The third-order valence-corrected chi connectivity index (χ3v) is 12.4. The summed E-state index contributed by atoms with van der Waals surface area (Å²) >= 11 is 0. The molecule has 0 saturated heterocycles. The molecule has 8 aromatic carbocycles. The minimum atomic E-state index is -0.309. The van der Waals surface area contributed by atoms with Crippen LogP contribution in [0.4, 0.5) is 0 Å². The van der Waals surface area contributed by atoms with Crippen LogP contribution in [0.2, 0.25) is 0 Å². The monoisotopic (exact) mass is 800 g/mol. The van der Waals surface area contributed by atoms with E-state index < -0.39 is 0 Å². The minimum Gasteiger partial charge on any atom is -0.456 e. The molecular formula is C59H48N2O. The molecule has 0 spiro atoms. The molecule has 1 aliphatic rings. The van der Waals surface area contributed by atoms with Gasteiger partial charge in [0.15, 0.2) is 5.82 Å². The Morgan fingerprint density at radius 2 is 0.806 bits per heavy atom. The zero-order valence-corrected chi connectivity index (χ0v) is 35.9. The largest absolute Gasteiger partial charge is 0.456 e. The molecule has 0 N–H and O–H groups in total. The SMILES string of the molecule is CC(C)(C)c1ccc2c(c1-c1nccc(-c3c(-c4ccccc4)c(-c4ccccc4)c(-c4ccccc4)c(-c4ccccc4)c3-c3ccccc3)n1)Oc1ccccc1C2(C)C. The summed E-state index contributed by atoms with van der Waals surface area (Å²) in [5, 5.41) is 0. The van der Waals surface area contributed by atoms with Gasteiger partial charge in [0.2, 0.25) is 0 Å². The molecule has 1 aromatic heterocycles. The van der Waals surface area contributed by atoms with Crippen LogP contribution in [0.25, 0.3) is 78.3 Å². The van der Waals surface area contributed by atoms with Crippen LogP contribution in [0.5, 0.6) is 11.5 Å².